The second kappa shape index (κ2) is 16.1. The van der Waals surface area contributed by atoms with Crippen molar-refractivity contribution in [3.63, 3.8) is 0 Å². The maximum absolute atomic E-state index is 14.5. The lowest BCUT2D eigenvalue weighted by Crippen LogP contribution is -2.56. The first-order chi connectivity index (χ1) is 24.2. The van der Waals surface area contributed by atoms with Crippen LogP contribution in [0.5, 0.6) is 0 Å². The predicted octanol–water partition coefficient (Wildman–Crippen LogP) is 7.83. The maximum Gasteiger partial charge on any atom is 0.416 e. The van der Waals surface area contributed by atoms with E-state index in [9.17, 15) is 22.8 Å². The summed E-state index contributed by atoms with van der Waals surface area (Å²) in [4.78, 5) is 40.1. The highest BCUT2D eigenvalue weighted by atomic mass is 32.1. The third kappa shape index (κ3) is 9.13. The molecule has 1 fully saturated rings. The van der Waals surface area contributed by atoms with E-state index in [1.807, 2.05) is 83.8 Å². The topological polar surface area (TPSA) is 56.8 Å². The molecule has 0 bridgehead atoms. The van der Waals surface area contributed by atoms with Crippen LogP contribution in [0.3, 0.4) is 0 Å². The maximum atomic E-state index is 14.5. The van der Waals surface area contributed by atoms with E-state index in [0.29, 0.717) is 25.1 Å². The first-order valence-corrected chi connectivity index (χ1v) is 17.3. The first kappa shape index (κ1) is 34.8. The van der Waals surface area contributed by atoms with Crippen molar-refractivity contribution in [2.24, 2.45) is 0 Å². The molecule has 1 aliphatic rings. The number of thiophene rings is 1. The molecule has 0 spiro atoms. The predicted molar refractivity (Wildman–Crippen MR) is 191 cm³/mol. The fourth-order valence-electron chi connectivity index (χ4n) is 6.03. The molecule has 5 aromatic rings. The van der Waals surface area contributed by atoms with Gasteiger partial charge in [-0.05, 0) is 58.5 Å². The summed E-state index contributed by atoms with van der Waals surface area (Å²) in [5.41, 5.74) is 3.16. The van der Waals surface area contributed by atoms with E-state index in [2.05, 4.69) is 21.3 Å². The number of halogens is 3. The van der Waals surface area contributed by atoms with Gasteiger partial charge in [0.15, 0.2) is 0 Å². The highest BCUT2D eigenvalue weighted by Crippen LogP contribution is 2.29. The number of nitrogens with zero attached hydrogens (tertiary/aromatic N) is 4. The molecule has 1 aliphatic heterocycles. The molecular formula is C40H37F3N4O2S. The fraction of sp³-hybridized carbons (Fsp3) is 0.225. The van der Waals surface area contributed by atoms with E-state index < -0.39 is 23.7 Å². The number of pyridine rings is 1. The van der Waals surface area contributed by atoms with Crippen LogP contribution in [-0.2, 0) is 35.3 Å². The summed E-state index contributed by atoms with van der Waals surface area (Å²) in [6.07, 6.45) is 0.416. The number of amides is 2. The van der Waals surface area contributed by atoms with Crippen LogP contribution in [0.1, 0.15) is 27.1 Å². The highest BCUT2D eigenvalue weighted by molar-refractivity contribution is 7.09. The summed E-state index contributed by atoms with van der Waals surface area (Å²) in [6.45, 7) is 3.51. The van der Waals surface area contributed by atoms with Crippen LogP contribution in [0, 0.1) is 0 Å². The average molecular weight is 695 g/mol. The molecule has 50 heavy (non-hydrogen) atoms. The Labute approximate surface area is 294 Å². The van der Waals surface area contributed by atoms with E-state index in [0.717, 1.165) is 54.2 Å². The van der Waals surface area contributed by atoms with Gasteiger partial charge >= 0.3 is 6.18 Å². The number of benzene rings is 3. The Bertz CT molecular complexity index is 1860. The average Bonchev–Trinajstić information content (AvgIpc) is 3.66. The lowest BCUT2D eigenvalue weighted by atomic mass is 10.0. The zero-order chi connectivity index (χ0) is 34.9. The van der Waals surface area contributed by atoms with Gasteiger partial charge in [-0.25, -0.2) is 0 Å². The third-order valence-corrected chi connectivity index (χ3v) is 9.64. The lowest BCUT2D eigenvalue weighted by Gasteiger charge is -2.39. The zero-order valence-corrected chi connectivity index (χ0v) is 28.2. The molecule has 6 rings (SSSR count). The molecule has 6 nitrogen and oxygen atoms in total. The minimum atomic E-state index is -4.46. The fourth-order valence-corrected chi connectivity index (χ4v) is 6.77. The van der Waals surface area contributed by atoms with Gasteiger partial charge in [0, 0.05) is 68.4 Å². The Morgan fingerprint density at radius 2 is 1.54 bits per heavy atom. The van der Waals surface area contributed by atoms with Gasteiger partial charge in [0.1, 0.15) is 6.04 Å². The number of aromatic nitrogens is 1. The molecule has 10 heteroatoms. The van der Waals surface area contributed by atoms with E-state index in [1.54, 1.807) is 22.4 Å². The normalized spacial score (nSPS) is 14.5. The van der Waals surface area contributed by atoms with Gasteiger partial charge in [-0.15, -0.1) is 11.3 Å². The Balaban J connectivity index is 1.28. The van der Waals surface area contributed by atoms with Crippen LogP contribution >= 0.6 is 11.3 Å². The summed E-state index contributed by atoms with van der Waals surface area (Å²) in [6, 6.07) is 31.0. The van der Waals surface area contributed by atoms with Crippen LogP contribution in [-0.4, -0.2) is 63.7 Å². The minimum absolute atomic E-state index is 0.133. The SMILES string of the molecule is O=C([C@H](Cc1ccccc1)N(Cc1ccc(-c2ccccn2)cc1)C(=O)/C=C\c1ccc(C(F)(F)F)cc1)N1CCN(Cc2cccs2)CC1. The largest absolute Gasteiger partial charge is 0.416 e. The van der Waals surface area contributed by atoms with Crippen molar-refractivity contribution < 1.29 is 22.8 Å². The number of hydrogen-bond acceptors (Lipinski definition) is 5. The Morgan fingerprint density at radius 1 is 0.820 bits per heavy atom. The summed E-state index contributed by atoms with van der Waals surface area (Å²) in [5, 5.41) is 2.06. The van der Waals surface area contributed by atoms with Crippen LogP contribution in [0.4, 0.5) is 13.2 Å². The molecule has 0 aliphatic carbocycles. The first-order valence-electron chi connectivity index (χ1n) is 16.5. The number of alkyl halides is 3. The molecule has 1 atom stereocenters. The third-order valence-electron chi connectivity index (χ3n) is 8.78. The molecule has 3 heterocycles. The molecular weight excluding hydrogens is 658 g/mol. The second-order valence-electron chi connectivity index (χ2n) is 12.2. The second-order valence-corrected chi connectivity index (χ2v) is 13.2. The zero-order valence-electron chi connectivity index (χ0n) is 27.4. The van der Waals surface area contributed by atoms with Gasteiger partial charge in [0.2, 0.25) is 11.8 Å². The molecule has 0 saturated carbocycles. The lowest BCUT2D eigenvalue weighted by molar-refractivity contribution is -0.145. The van der Waals surface area contributed by atoms with E-state index in [1.165, 1.54) is 29.2 Å². The quantitative estimate of drug-likeness (QED) is 0.132. The van der Waals surface area contributed by atoms with E-state index >= 15 is 0 Å². The van der Waals surface area contributed by atoms with Crippen LogP contribution in [0.25, 0.3) is 17.3 Å². The summed E-state index contributed by atoms with van der Waals surface area (Å²) < 4.78 is 39.5. The molecule has 2 amide bonds. The summed E-state index contributed by atoms with van der Waals surface area (Å²) in [7, 11) is 0. The van der Waals surface area contributed by atoms with Gasteiger partial charge in [-0.1, -0.05) is 78.9 Å². The molecule has 2 aromatic heterocycles. The monoisotopic (exact) mass is 694 g/mol. The Kier molecular flexibility index (Phi) is 11.2. The van der Waals surface area contributed by atoms with Gasteiger partial charge in [-0.2, -0.15) is 13.2 Å². The highest BCUT2D eigenvalue weighted by Gasteiger charge is 2.34. The van der Waals surface area contributed by atoms with E-state index in [4.69, 9.17) is 0 Å². The van der Waals surface area contributed by atoms with Crippen molar-refractivity contribution in [3.05, 3.63) is 154 Å². The van der Waals surface area contributed by atoms with Crippen LogP contribution in [0.2, 0.25) is 0 Å². The minimum Gasteiger partial charge on any atom is -0.338 e. The van der Waals surface area contributed by atoms with Gasteiger partial charge in [-0.3, -0.25) is 19.5 Å². The number of piperazine rings is 1. The summed E-state index contributed by atoms with van der Waals surface area (Å²) >= 11 is 1.72. The van der Waals surface area contributed by atoms with Crippen LogP contribution < -0.4 is 0 Å². The smallest absolute Gasteiger partial charge is 0.338 e. The summed E-state index contributed by atoms with van der Waals surface area (Å²) in [5.74, 6) is -0.546. The molecule has 3 aromatic carbocycles. The molecule has 0 unspecified atom stereocenters. The molecule has 0 radical (unpaired) electrons. The number of hydrogen-bond donors (Lipinski definition) is 0. The van der Waals surface area contributed by atoms with Crippen molar-refractivity contribution in [2.45, 2.75) is 31.7 Å². The number of carbonyl (C=O) groups is 2. The molecule has 1 saturated heterocycles. The van der Waals surface area contributed by atoms with Gasteiger partial charge < -0.3 is 9.80 Å². The Morgan fingerprint density at radius 3 is 2.18 bits per heavy atom. The Hall–Kier alpha value is -5.06. The van der Waals surface area contributed by atoms with Gasteiger partial charge in [0.25, 0.3) is 0 Å². The number of rotatable bonds is 11. The van der Waals surface area contributed by atoms with Crippen molar-refractivity contribution >= 4 is 29.2 Å². The number of carbonyl (C=O) groups excluding carboxylic acids is 2. The van der Waals surface area contributed by atoms with Crippen molar-refractivity contribution in [1.82, 2.24) is 19.7 Å². The van der Waals surface area contributed by atoms with Crippen LogP contribution in [0.15, 0.2) is 127 Å². The van der Waals surface area contributed by atoms with E-state index in [-0.39, 0.29) is 12.5 Å². The standard InChI is InChI=1S/C40H37F3N4O2S/c41-40(42,43)34-18-13-30(14-19-34)15-20-38(48)47(28-32-11-16-33(17-12-32)36-10-4-5-21-44-36)37(27-31-7-2-1-3-8-31)39(49)46-24-22-45(23-25-46)29-35-9-6-26-50-35/h1-21,26,37H,22-25,27-29H2/b20-15-/t37-/m0/s1. The van der Waals surface area contributed by atoms with Crippen molar-refractivity contribution in [1.29, 1.82) is 0 Å². The van der Waals surface area contributed by atoms with Crippen molar-refractivity contribution in [2.75, 3.05) is 26.2 Å². The van der Waals surface area contributed by atoms with Crippen molar-refractivity contribution in [3.8, 4) is 11.3 Å². The molecule has 256 valence electrons. The molecule has 0 N–H and O–H groups in total. The van der Waals surface area contributed by atoms with Gasteiger partial charge in [0.05, 0.1) is 11.3 Å².